The van der Waals surface area contributed by atoms with E-state index in [2.05, 4.69) is 4.98 Å². The molecule has 4 nitrogen and oxygen atoms in total. The number of ketones is 1. The monoisotopic (exact) mass is 181 g/mol. The van der Waals surface area contributed by atoms with Gasteiger partial charge in [-0.05, 0) is 12.5 Å². The van der Waals surface area contributed by atoms with Crippen LogP contribution in [0.1, 0.15) is 24.0 Å². The third kappa shape index (κ3) is 2.39. The van der Waals surface area contributed by atoms with Crippen LogP contribution in [0.2, 0.25) is 0 Å². The molecule has 0 saturated carbocycles. The number of imidazole rings is 1. The molecule has 1 aromatic heterocycles. The molecule has 4 heteroatoms. The van der Waals surface area contributed by atoms with E-state index in [9.17, 15) is 4.79 Å². The van der Waals surface area contributed by atoms with Crippen LogP contribution in [-0.2, 0) is 7.05 Å². The lowest BCUT2D eigenvalue weighted by molar-refractivity contribution is 0.0952. The van der Waals surface area contributed by atoms with E-state index in [1.54, 1.807) is 17.0 Å². The molecule has 0 aromatic carbocycles. The number of aromatic nitrogens is 2. The summed E-state index contributed by atoms with van der Waals surface area (Å²) in [5.41, 5.74) is 5.43. The molecule has 0 aliphatic rings. The zero-order valence-corrected chi connectivity index (χ0v) is 8.03. The van der Waals surface area contributed by atoms with Crippen LogP contribution >= 0.6 is 0 Å². The average molecular weight is 181 g/mol. The maximum atomic E-state index is 11.6. The summed E-state index contributed by atoms with van der Waals surface area (Å²) in [5.74, 6) is 0.801. The second-order valence-corrected chi connectivity index (χ2v) is 3.33. The van der Waals surface area contributed by atoms with Gasteiger partial charge in [-0.1, -0.05) is 6.92 Å². The fraction of sp³-hybridized carbons (Fsp3) is 0.556. The number of aryl methyl sites for hydroxylation is 1. The van der Waals surface area contributed by atoms with Gasteiger partial charge in [0.05, 0.1) is 0 Å². The molecule has 0 aliphatic heterocycles. The molecule has 13 heavy (non-hydrogen) atoms. The van der Waals surface area contributed by atoms with Crippen molar-refractivity contribution in [2.24, 2.45) is 18.7 Å². The Bertz CT molecular complexity index is 293. The van der Waals surface area contributed by atoms with E-state index in [1.807, 2.05) is 14.0 Å². The highest BCUT2D eigenvalue weighted by Crippen LogP contribution is 2.06. The van der Waals surface area contributed by atoms with Gasteiger partial charge in [-0.3, -0.25) is 4.79 Å². The standard InChI is InChI=1S/C9H15N3O/c1-7(6-10)5-8(13)9-11-3-4-12(9)2/h3-4,7H,5-6,10H2,1-2H3. The zero-order chi connectivity index (χ0) is 9.84. The van der Waals surface area contributed by atoms with Gasteiger partial charge in [-0.2, -0.15) is 0 Å². The summed E-state index contributed by atoms with van der Waals surface area (Å²) in [4.78, 5) is 15.5. The maximum Gasteiger partial charge on any atom is 0.198 e. The Kier molecular flexibility index (Phi) is 3.19. The summed E-state index contributed by atoms with van der Waals surface area (Å²) in [7, 11) is 1.81. The van der Waals surface area contributed by atoms with E-state index in [-0.39, 0.29) is 11.7 Å². The predicted octanol–water partition coefficient (Wildman–Crippen LogP) is 0.588. The van der Waals surface area contributed by atoms with Crippen molar-refractivity contribution in [3.05, 3.63) is 18.2 Å². The molecule has 1 heterocycles. The van der Waals surface area contributed by atoms with Crippen molar-refractivity contribution in [2.45, 2.75) is 13.3 Å². The molecule has 0 radical (unpaired) electrons. The van der Waals surface area contributed by atoms with Crippen molar-refractivity contribution in [3.63, 3.8) is 0 Å². The van der Waals surface area contributed by atoms with Crippen LogP contribution in [0.15, 0.2) is 12.4 Å². The van der Waals surface area contributed by atoms with E-state index in [0.29, 0.717) is 18.8 Å². The third-order valence-electron chi connectivity index (χ3n) is 2.01. The highest BCUT2D eigenvalue weighted by Gasteiger charge is 2.13. The van der Waals surface area contributed by atoms with Gasteiger partial charge in [-0.25, -0.2) is 4.98 Å². The Morgan fingerprint density at radius 2 is 2.46 bits per heavy atom. The number of rotatable bonds is 4. The van der Waals surface area contributed by atoms with Crippen LogP contribution < -0.4 is 5.73 Å². The molecule has 2 N–H and O–H groups in total. The van der Waals surface area contributed by atoms with Crippen molar-refractivity contribution >= 4 is 5.78 Å². The molecule has 0 fully saturated rings. The molecule has 0 aliphatic carbocycles. The number of nitrogens with zero attached hydrogens (tertiary/aromatic N) is 2. The first kappa shape index (κ1) is 9.92. The van der Waals surface area contributed by atoms with Crippen molar-refractivity contribution in [1.82, 2.24) is 9.55 Å². The molecule has 1 aromatic rings. The van der Waals surface area contributed by atoms with E-state index in [4.69, 9.17) is 5.73 Å². The molecule has 1 atom stereocenters. The maximum absolute atomic E-state index is 11.6. The minimum atomic E-state index is 0.0606. The lowest BCUT2D eigenvalue weighted by Gasteiger charge is -2.06. The second-order valence-electron chi connectivity index (χ2n) is 3.33. The smallest absolute Gasteiger partial charge is 0.198 e. The van der Waals surface area contributed by atoms with Crippen LogP contribution in [0.3, 0.4) is 0 Å². The number of nitrogens with two attached hydrogens (primary N) is 1. The Hall–Kier alpha value is -1.16. The number of Topliss-reactive ketones (excluding diaryl/α,β-unsaturated/α-hetero) is 1. The summed E-state index contributed by atoms with van der Waals surface area (Å²) in [6.45, 7) is 2.50. The minimum absolute atomic E-state index is 0.0606. The summed E-state index contributed by atoms with van der Waals surface area (Å²) in [5, 5.41) is 0. The average Bonchev–Trinajstić information content (AvgIpc) is 2.51. The van der Waals surface area contributed by atoms with Gasteiger partial charge in [0.15, 0.2) is 11.6 Å². The molecular formula is C9H15N3O. The van der Waals surface area contributed by atoms with E-state index in [1.165, 1.54) is 0 Å². The van der Waals surface area contributed by atoms with Crippen LogP contribution in [0, 0.1) is 5.92 Å². The largest absolute Gasteiger partial charge is 0.332 e. The van der Waals surface area contributed by atoms with Crippen LogP contribution in [0.5, 0.6) is 0 Å². The third-order valence-corrected chi connectivity index (χ3v) is 2.01. The molecule has 72 valence electrons. The number of hydrogen-bond acceptors (Lipinski definition) is 3. The Labute approximate surface area is 77.8 Å². The number of carbonyl (C=O) groups is 1. The molecule has 0 bridgehead atoms. The first-order valence-electron chi connectivity index (χ1n) is 4.35. The summed E-state index contributed by atoms with van der Waals surface area (Å²) in [6, 6.07) is 0. The van der Waals surface area contributed by atoms with Crippen molar-refractivity contribution < 1.29 is 4.79 Å². The van der Waals surface area contributed by atoms with Gasteiger partial charge in [0.2, 0.25) is 0 Å². The molecule has 0 spiro atoms. The zero-order valence-electron chi connectivity index (χ0n) is 8.03. The lowest BCUT2D eigenvalue weighted by Crippen LogP contribution is -2.17. The van der Waals surface area contributed by atoms with Crippen LogP contribution in [-0.4, -0.2) is 21.9 Å². The van der Waals surface area contributed by atoms with Gasteiger partial charge < -0.3 is 10.3 Å². The summed E-state index contributed by atoms with van der Waals surface area (Å²) in [6.07, 6.45) is 3.86. The lowest BCUT2D eigenvalue weighted by atomic mass is 10.1. The van der Waals surface area contributed by atoms with Gasteiger partial charge >= 0.3 is 0 Å². The molecule has 1 unspecified atom stereocenters. The Morgan fingerprint density at radius 1 is 1.77 bits per heavy atom. The topological polar surface area (TPSA) is 60.9 Å². The van der Waals surface area contributed by atoms with Crippen LogP contribution in [0.25, 0.3) is 0 Å². The van der Waals surface area contributed by atoms with Gasteiger partial charge in [-0.15, -0.1) is 0 Å². The fourth-order valence-electron chi connectivity index (χ4n) is 1.13. The van der Waals surface area contributed by atoms with Gasteiger partial charge in [0.1, 0.15) is 0 Å². The summed E-state index contributed by atoms with van der Waals surface area (Å²) < 4.78 is 1.73. The van der Waals surface area contributed by atoms with E-state index < -0.39 is 0 Å². The normalized spacial score (nSPS) is 12.8. The quantitative estimate of drug-likeness (QED) is 0.691. The van der Waals surface area contributed by atoms with E-state index >= 15 is 0 Å². The van der Waals surface area contributed by atoms with Gasteiger partial charge in [0, 0.05) is 25.9 Å². The van der Waals surface area contributed by atoms with Crippen molar-refractivity contribution in [3.8, 4) is 0 Å². The molecule has 0 saturated heterocycles. The van der Waals surface area contributed by atoms with Crippen molar-refractivity contribution in [1.29, 1.82) is 0 Å². The first-order valence-corrected chi connectivity index (χ1v) is 4.35. The SMILES string of the molecule is CC(CN)CC(=O)c1nccn1C. The Balaban J connectivity index is 2.64. The van der Waals surface area contributed by atoms with Gasteiger partial charge in [0.25, 0.3) is 0 Å². The molecular weight excluding hydrogens is 166 g/mol. The number of carbonyl (C=O) groups excluding carboxylic acids is 1. The minimum Gasteiger partial charge on any atom is -0.332 e. The summed E-state index contributed by atoms with van der Waals surface area (Å²) >= 11 is 0. The second kappa shape index (κ2) is 4.18. The van der Waals surface area contributed by atoms with Crippen LogP contribution in [0.4, 0.5) is 0 Å². The fourth-order valence-corrected chi connectivity index (χ4v) is 1.13. The molecule has 0 amide bonds. The highest BCUT2D eigenvalue weighted by molar-refractivity contribution is 5.92. The number of hydrogen-bond donors (Lipinski definition) is 1. The van der Waals surface area contributed by atoms with E-state index in [0.717, 1.165) is 0 Å². The highest BCUT2D eigenvalue weighted by atomic mass is 16.1. The predicted molar refractivity (Wildman–Crippen MR) is 50.4 cm³/mol. The first-order chi connectivity index (χ1) is 6.15. The Morgan fingerprint density at radius 3 is 2.92 bits per heavy atom. The van der Waals surface area contributed by atoms with Crippen molar-refractivity contribution in [2.75, 3.05) is 6.54 Å². The molecule has 1 rings (SSSR count).